The number of Topliss-reactive ketones (excluding diaryl/α,β-unsaturated/α-hetero) is 2. The molecule has 0 aliphatic rings. The van der Waals surface area contributed by atoms with Crippen molar-refractivity contribution in [3.05, 3.63) is 0 Å². The quantitative estimate of drug-likeness (QED) is 0.123. The van der Waals surface area contributed by atoms with E-state index in [0.717, 1.165) is 0 Å². The molecule has 0 aromatic rings. The molecule has 0 bridgehead atoms. The number of aliphatic hydroxyl groups is 1. The van der Waals surface area contributed by atoms with Gasteiger partial charge in [0, 0.05) is 0 Å². The first-order chi connectivity index (χ1) is 15.1. The summed E-state index contributed by atoms with van der Waals surface area (Å²) in [5.41, 5.74) is 0. The van der Waals surface area contributed by atoms with Gasteiger partial charge in [0.1, 0.15) is 36.2 Å². The smallest absolute Gasteiger partial charge is 0.321 e. The van der Waals surface area contributed by atoms with Crippen molar-refractivity contribution in [2.45, 2.75) is 24.4 Å². The molecule has 0 saturated heterocycles. The van der Waals surface area contributed by atoms with Gasteiger partial charge in [-0.3, -0.25) is 28.8 Å². The van der Waals surface area contributed by atoms with Crippen LogP contribution >= 0.6 is 58.0 Å². The maximum Gasteiger partial charge on any atom is 0.321 e. The molecule has 11 nitrogen and oxygen atoms in total. The van der Waals surface area contributed by atoms with Crippen LogP contribution in [0.5, 0.6) is 0 Å². The fourth-order valence-electron chi connectivity index (χ4n) is 2.01. The summed E-state index contributed by atoms with van der Waals surface area (Å²) in [7, 11) is 0. The van der Waals surface area contributed by atoms with Crippen LogP contribution in [0.3, 0.4) is 0 Å². The summed E-state index contributed by atoms with van der Waals surface area (Å²) in [4.78, 5) is 71.0. The van der Waals surface area contributed by atoms with Crippen LogP contribution in [0, 0.1) is 0 Å². The highest BCUT2D eigenvalue weighted by Gasteiger charge is 2.47. The molecule has 32 heavy (non-hydrogen) atoms. The Morgan fingerprint density at radius 3 is 1.50 bits per heavy atom. The van der Waals surface area contributed by atoms with Crippen molar-refractivity contribution in [3.63, 3.8) is 0 Å². The van der Waals surface area contributed by atoms with Gasteiger partial charge in [-0.2, -0.15) is 0 Å². The lowest BCUT2D eigenvalue weighted by atomic mass is 9.97. The average Bonchev–Trinajstić information content (AvgIpc) is 2.81. The molecule has 182 valence electrons. The highest BCUT2D eigenvalue weighted by molar-refractivity contribution is 6.48. The van der Waals surface area contributed by atoms with Gasteiger partial charge in [-0.25, -0.2) is 0 Å². The first kappa shape index (κ1) is 30.6. The Labute approximate surface area is 206 Å². The van der Waals surface area contributed by atoms with E-state index in [0.29, 0.717) is 0 Å². The second-order valence-corrected chi connectivity index (χ2v) is 6.86. The molecule has 0 aromatic carbocycles. The second kappa shape index (κ2) is 16.3. The van der Waals surface area contributed by atoms with Crippen LogP contribution in [0.25, 0.3) is 0 Å². The summed E-state index contributed by atoms with van der Waals surface area (Å²) in [6.45, 7) is -0.880. The topological polar surface area (TPSA) is 160 Å². The molecule has 4 atom stereocenters. The Kier molecular flexibility index (Phi) is 15.6. The Bertz CT molecular complexity index is 702. The molecule has 0 spiro atoms. The van der Waals surface area contributed by atoms with Gasteiger partial charge >= 0.3 is 23.9 Å². The lowest BCUT2D eigenvalue weighted by Crippen LogP contribution is -2.56. The molecular formula is C16H17Cl5O11. The van der Waals surface area contributed by atoms with Crippen LogP contribution in [0.4, 0.5) is 0 Å². The van der Waals surface area contributed by atoms with E-state index in [4.69, 9.17) is 72.2 Å². The van der Waals surface area contributed by atoms with E-state index >= 15 is 0 Å². The van der Waals surface area contributed by atoms with Crippen molar-refractivity contribution in [1.82, 2.24) is 0 Å². The summed E-state index contributed by atoms with van der Waals surface area (Å²) in [6, 6.07) is 0. The van der Waals surface area contributed by atoms with Gasteiger partial charge < -0.3 is 24.1 Å². The van der Waals surface area contributed by atoms with E-state index in [1.54, 1.807) is 0 Å². The Balaban J connectivity index is 6.35. The van der Waals surface area contributed by atoms with Crippen LogP contribution in [0.15, 0.2) is 0 Å². The predicted molar refractivity (Wildman–Crippen MR) is 110 cm³/mol. The maximum atomic E-state index is 12.5. The van der Waals surface area contributed by atoms with E-state index in [1.807, 2.05) is 0 Å². The van der Waals surface area contributed by atoms with Gasteiger partial charge in [-0.1, -0.05) is 0 Å². The molecule has 1 N–H and O–H groups in total. The van der Waals surface area contributed by atoms with Crippen LogP contribution in [-0.4, -0.2) is 101 Å². The second-order valence-electron chi connectivity index (χ2n) is 5.53. The standard InChI is InChI=1S/C16H17Cl5O11/c17-1-7(22)13(28)15(31-11(26)4-20)16(32-12(27)5-21)14(30-10(25)3-19)8(23)6-29-9(24)2-18/h8,14-16,23H,1-6H2/t8-,14-,15+,16+/m1/s1. The SMILES string of the molecule is O=C(CCl)OC[C@@H](O)[C@@H](OC(=O)CCl)[C@H](OC(=O)CCl)[C@@H](OC(=O)CCl)C(=O)C(=O)CCl. The van der Waals surface area contributed by atoms with Crippen molar-refractivity contribution in [1.29, 1.82) is 0 Å². The van der Waals surface area contributed by atoms with Gasteiger partial charge in [0.2, 0.25) is 17.7 Å². The number of alkyl halides is 5. The minimum Gasteiger partial charge on any atom is -0.462 e. The third-order valence-electron chi connectivity index (χ3n) is 3.30. The molecule has 0 radical (unpaired) electrons. The average molecular weight is 563 g/mol. The summed E-state index contributed by atoms with van der Waals surface area (Å²) in [5.74, 6) is -11.2. The molecule has 0 unspecified atom stereocenters. The normalized spacial score (nSPS) is 14.3. The number of carbonyl (C=O) groups is 6. The molecule has 0 saturated carbocycles. The predicted octanol–water partition coefficient (Wildman–Crippen LogP) is -0.0419. The number of esters is 4. The monoisotopic (exact) mass is 560 g/mol. The highest BCUT2D eigenvalue weighted by atomic mass is 35.5. The molecule has 0 aliphatic heterocycles. The Hall–Kier alpha value is -1.37. The van der Waals surface area contributed by atoms with Gasteiger partial charge in [-0.05, 0) is 0 Å². The molecular weight excluding hydrogens is 545 g/mol. The fraction of sp³-hybridized carbons (Fsp3) is 0.625. The molecule has 0 heterocycles. The number of rotatable bonds is 15. The highest BCUT2D eigenvalue weighted by Crippen LogP contribution is 2.20. The number of halogens is 5. The van der Waals surface area contributed by atoms with Crippen molar-refractivity contribution in [2.24, 2.45) is 0 Å². The van der Waals surface area contributed by atoms with Crippen molar-refractivity contribution in [2.75, 3.05) is 36.0 Å². The first-order valence-corrected chi connectivity index (χ1v) is 11.0. The minimum atomic E-state index is -2.27. The van der Waals surface area contributed by atoms with Gasteiger partial charge in [0.05, 0.1) is 5.88 Å². The third-order valence-corrected chi connectivity index (χ3v) is 4.42. The van der Waals surface area contributed by atoms with E-state index in [1.165, 1.54) is 0 Å². The van der Waals surface area contributed by atoms with E-state index in [-0.39, 0.29) is 0 Å². The molecule has 16 heteroatoms. The Morgan fingerprint density at radius 1 is 0.625 bits per heavy atom. The first-order valence-electron chi connectivity index (χ1n) is 8.35. The number of ether oxygens (including phenoxy) is 4. The number of ketones is 2. The molecule has 0 rings (SSSR count). The summed E-state index contributed by atoms with van der Waals surface area (Å²) in [5, 5.41) is 10.4. The van der Waals surface area contributed by atoms with Crippen molar-refractivity contribution >= 4 is 93.4 Å². The summed E-state index contributed by atoms with van der Waals surface area (Å²) < 4.78 is 19.3. The number of carbonyl (C=O) groups excluding carboxylic acids is 6. The molecule has 0 amide bonds. The zero-order valence-electron chi connectivity index (χ0n) is 16.0. The van der Waals surface area contributed by atoms with Gasteiger partial charge in [0.25, 0.3) is 0 Å². The maximum absolute atomic E-state index is 12.5. The van der Waals surface area contributed by atoms with E-state index in [2.05, 4.69) is 4.74 Å². The van der Waals surface area contributed by atoms with E-state index in [9.17, 15) is 33.9 Å². The summed E-state index contributed by atoms with van der Waals surface area (Å²) in [6.07, 6.45) is -8.45. The zero-order valence-corrected chi connectivity index (χ0v) is 19.8. The lowest BCUT2D eigenvalue weighted by molar-refractivity contribution is -0.196. The van der Waals surface area contributed by atoms with Crippen LogP contribution in [-0.2, 0) is 47.7 Å². The molecule has 0 aromatic heterocycles. The number of hydrogen-bond donors (Lipinski definition) is 1. The van der Waals surface area contributed by atoms with Gasteiger partial charge in [-0.15, -0.1) is 58.0 Å². The minimum absolute atomic E-state index is 0.595. The van der Waals surface area contributed by atoms with Crippen LogP contribution in [0.2, 0.25) is 0 Å². The zero-order chi connectivity index (χ0) is 24.8. The van der Waals surface area contributed by atoms with E-state index < -0.39 is 95.9 Å². The number of hydrogen-bond acceptors (Lipinski definition) is 11. The largest absolute Gasteiger partial charge is 0.462 e. The fourth-order valence-corrected chi connectivity index (χ4v) is 2.41. The van der Waals surface area contributed by atoms with Crippen LogP contribution in [0.1, 0.15) is 0 Å². The lowest BCUT2D eigenvalue weighted by Gasteiger charge is -2.33. The third kappa shape index (κ3) is 10.5. The molecule has 0 aliphatic carbocycles. The van der Waals surface area contributed by atoms with Gasteiger partial charge in [0.15, 0.2) is 12.2 Å². The van der Waals surface area contributed by atoms with Crippen LogP contribution < -0.4 is 0 Å². The summed E-state index contributed by atoms with van der Waals surface area (Å²) >= 11 is 26.8. The number of aliphatic hydroxyl groups excluding tert-OH is 1. The Morgan fingerprint density at radius 2 is 1.06 bits per heavy atom. The van der Waals surface area contributed by atoms with Crippen molar-refractivity contribution < 1.29 is 52.8 Å². The molecule has 0 fully saturated rings. The van der Waals surface area contributed by atoms with Crippen molar-refractivity contribution in [3.8, 4) is 0 Å².